The molecule has 0 saturated heterocycles. The van der Waals surface area contributed by atoms with E-state index in [0.29, 0.717) is 0 Å². The van der Waals surface area contributed by atoms with Gasteiger partial charge in [-0.2, -0.15) is 0 Å². The number of benzene rings is 1. The van der Waals surface area contributed by atoms with E-state index >= 15 is 0 Å². The van der Waals surface area contributed by atoms with Crippen LogP contribution in [0.2, 0.25) is 0 Å². The predicted octanol–water partition coefficient (Wildman–Crippen LogP) is 2.39. The standard InChI is InChI=1S/C16H25FN2O2/c1-5-10(2)14(18)16(20)19-11(3)15(21-4)12-6-8-13(17)9-7-12/h6-11,14-15H,5,18H2,1-4H3,(H,19,20). The van der Waals surface area contributed by atoms with E-state index in [9.17, 15) is 9.18 Å². The molecule has 0 aromatic heterocycles. The first kappa shape index (κ1) is 17.6. The van der Waals surface area contributed by atoms with Crippen LogP contribution in [0, 0.1) is 11.7 Å². The van der Waals surface area contributed by atoms with Crippen LogP contribution >= 0.6 is 0 Å². The fourth-order valence-corrected chi connectivity index (χ4v) is 2.19. The minimum atomic E-state index is -0.539. The number of hydrogen-bond acceptors (Lipinski definition) is 3. The monoisotopic (exact) mass is 296 g/mol. The van der Waals surface area contributed by atoms with E-state index in [1.165, 1.54) is 12.1 Å². The van der Waals surface area contributed by atoms with Gasteiger partial charge in [-0.1, -0.05) is 32.4 Å². The molecule has 1 aromatic carbocycles. The van der Waals surface area contributed by atoms with Crippen molar-refractivity contribution in [3.63, 3.8) is 0 Å². The third kappa shape index (κ3) is 4.79. The Morgan fingerprint density at radius 3 is 2.38 bits per heavy atom. The Morgan fingerprint density at radius 1 is 1.33 bits per heavy atom. The summed E-state index contributed by atoms with van der Waals surface area (Å²) in [5.41, 5.74) is 6.73. The van der Waals surface area contributed by atoms with Crippen LogP contribution in [0.1, 0.15) is 38.9 Å². The number of hydrogen-bond donors (Lipinski definition) is 2. The molecule has 1 rings (SSSR count). The summed E-state index contributed by atoms with van der Waals surface area (Å²) in [4.78, 5) is 12.1. The number of nitrogens with one attached hydrogen (secondary N) is 1. The van der Waals surface area contributed by atoms with Crippen LogP contribution in [0.4, 0.5) is 4.39 Å². The van der Waals surface area contributed by atoms with E-state index in [2.05, 4.69) is 5.32 Å². The van der Waals surface area contributed by atoms with Crippen LogP contribution in [0.15, 0.2) is 24.3 Å². The molecule has 0 heterocycles. The van der Waals surface area contributed by atoms with E-state index in [-0.39, 0.29) is 29.8 Å². The fraction of sp³-hybridized carbons (Fsp3) is 0.562. The van der Waals surface area contributed by atoms with Gasteiger partial charge in [-0.3, -0.25) is 4.79 Å². The van der Waals surface area contributed by atoms with Crippen LogP contribution in [-0.2, 0) is 9.53 Å². The van der Waals surface area contributed by atoms with Crippen LogP contribution < -0.4 is 11.1 Å². The maximum atomic E-state index is 13.0. The molecule has 1 amide bonds. The van der Waals surface area contributed by atoms with Crippen molar-refractivity contribution in [2.24, 2.45) is 11.7 Å². The molecule has 0 saturated carbocycles. The molecule has 0 aliphatic heterocycles. The average Bonchev–Trinajstić information content (AvgIpc) is 2.48. The molecular weight excluding hydrogens is 271 g/mol. The molecule has 4 atom stereocenters. The molecule has 0 radical (unpaired) electrons. The molecule has 4 unspecified atom stereocenters. The van der Waals surface area contributed by atoms with Crippen LogP contribution in [-0.4, -0.2) is 25.1 Å². The van der Waals surface area contributed by atoms with E-state index in [1.54, 1.807) is 19.2 Å². The molecule has 118 valence electrons. The topological polar surface area (TPSA) is 64.4 Å². The van der Waals surface area contributed by atoms with Crippen molar-refractivity contribution in [1.82, 2.24) is 5.32 Å². The number of methoxy groups -OCH3 is 1. The van der Waals surface area contributed by atoms with Crippen LogP contribution in [0.25, 0.3) is 0 Å². The van der Waals surface area contributed by atoms with Crippen molar-refractivity contribution in [3.05, 3.63) is 35.6 Å². The lowest BCUT2D eigenvalue weighted by atomic mass is 9.98. The van der Waals surface area contributed by atoms with Gasteiger partial charge in [0, 0.05) is 7.11 Å². The minimum Gasteiger partial charge on any atom is -0.375 e. The van der Waals surface area contributed by atoms with Crippen LogP contribution in [0.3, 0.4) is 0 Å². The highest BCUT2D eigenvalue weighted by molar-refractivity contribution is 5.82. The lowest BCUT2D eigenvalue weighted by molar-refractivity contribution is -0.125. The van der Waals surface area contributed by atoms with Crippen molar-refractivity contribution in [2.75, 3.05) is 7.11 Å². The highest BCUT2D eigenvalue weighted by Gasteiger charge is 2.25. The predicted molar refractivity (Wildman–Crippen MR) is 81.2 cm³/mol. The lowest BCUT2D eigenvalue weighted by Crippen LogP contribution is -2.49. The zero-order valence-corrected chi connectivity index (χ0v) is 13.1. The van der Waals surface area contributed by atoms with Gasteiger partial charge in [0.2, 0.25) is 5.91 Å². The zero-order valence-electron chi connectivity index (χ0n) is 13.1. The molecule has 4 nitrogen and oxygen atoms in total. The van der Waals surface area contributed by atoms with Gasteiger partial charge in [0.25, 0.3) is 0 Å². The molecule has 21 heavy (non-hydrogen) atoms. The zero-order chi connectivity index (χ0) is 16.0. The third-order valence-corrected chi connectivity index (χ3v) is 3.84. The first-order valence-corrected chi connectivity index (χ1v) is 7.24. The largest absolute Gasteiger partial charge is 0.375 e. The van der Waals surface area contributed by atoms with E-state index in [0.717, 1.165) is 12.0 Å². The summed E-state index contributed by atoms with van der Waals surface area (Å²) in [6.07, 6.45) is 0.493. The first-order valence-electron chi connectivity index (χ1n) is 7.24. The average molecular weight is 296 g/mol. The second kappa shape index (κ2) is 8.10. The second-order valence-electron chi connectivity index (χ2n) is 5.42. The summed E-state index contributed by atoms with van der Waals surface area (Å²) in [5.74, 6) is -0.380. The second-order valence-corrected chi connectivity index (χ2v) is 5.42. The van der Waals surface area contributed by atoms with Gasteiger partial charge in [0.05, 0.1) is 12.1 Å². The summed E-state index contributed by atoms with van der Waals surface area (Å²) in [6, 6.07) is 5.26. The van der Waals surface area contributed by atoms with Gasteiger partial charge < -0.3 is 15.8 Å². The molecule has 1 aromatic rings. The van der Waals surface area contributed by atoms with Crippen molar-refractivity contribution in [3.8, 4) is 0 Å². The number of ether oxygens (including phenoxy) is 1. The number of carbonyl (C=O) groups is 1. The third-order valence-electron chi connectivity index (χ3n) is 3.84. The summed E-state index contributed by atoms with van der Waals surface area (Å²) in [6.45, 7) is 5.79. The van der Waals surface area contributed by atoms with Crippen molar-refractivity contribution in [2.45, 2.75) is 45.4 Å². The maximum absolute atomic E-state index is 13.0. The number of carbonyl (C=O) groups excluding carboxylic acids is 1. The smallest absolute Gasteiger partial charge is 0.237 e. The van der Waals surface area contributed by atoms with Gasteiger partial charge in [0.15, 0.2) is 0 Å². The number of nitrogens with two attached hydrogens (primary N) is 1. The maximum Gasteiger partial charge on any atom is 0.237 e. The first-order chi connectivity index (χ1) is 9.90. The van der Waals surface area contributed by atoms with Crippen molar-refractivity contribution < 1.29 is 13.9 Å². The van der Waals surface area contributed by atoms with Crippen LogP contribution in [0.5, 0.6) is 0 Å². The summed E-state index contributed by atoms with van der Waals surface area (Å²) in [5, 5.41) is 2.88. The Bertz CT molecular complexity index is 450. The fourth-order valence-electron chi connectivity index (χ4n) is 2.19. The summed E-state index contributed by atoms with van der Waals surface area (Å²) < 4.78 is 18.4. The molecular formula is C16H25FN2O2. The summed E-state index contributed by atoms with van der Waals surface area (Å²) in [7, 11) is 1.56. The quantitative estimate of drug-likeness (QED) is 0.812. The van der Waals surface area contributed by atoms with Gasteiger partial charge in [-0.25, -0.2) is 4.39 Å². The van der Waals surface area contributed by atoms with E-state index in [1.807, 2.05) is 20.8 Å². The normalized spacial score (nSPS) is 16.9. The molecule has 3 N–H and O–H groups in total. The molecule has 0 aliphatic carbocycles. The Labute approximate surface area is 125 Å². The van der Waals surface area contributed by atoms with E-state index in [4.69, 9.17) is 10.5 Å². The van der Waals surface area contributed by atoms with E-state index < -0.39 is 6.04 Å². The van der Waals surface area contributed by atoms with Gasteiger partial charge in [-0.05, 0) is 30.5 Å². The molecule has 5 heteroatoms. The molecule has 0 bridgehead atoms. The van der Waals surface area contributed by atoms with Gasteiger partial charge in [-0.15, -0.1) is 0 Å². The highest BCUT2D eigenvalue weighted by Crippen LogP contribution is 2.21. The molecule has 0 aliphatic rings. The number of rotatable bonds is 7. The Balaban J connectivity index is 2.73. The Morgan fingerprint density at radius 2 is 1.90 bits per heavy atom. The van der Waals surface area contributed by atoms with Gasteiger partial charge >= 0.3 is 0 Å². The number of halogens is 1. The Kier molecular flexibility index (Phi) is 6.78. The highest BCUT2D eigenvalue weighted by atomic mass is 19.1. The summed E-state index contributed by atoms with van der Waals surface area (Å²) >= 11 is 0. The number of amides is 1. The Hall–Kier alpha value is -1.46. The van der Waals surface area contributed by atoms with Crippen molar-refractivity contribution in [1.29, 1.82) is 0 Å². The molecule has 0 fully saturated rings. The minimum absolute atomic E-state index is 0.115. The lowest BCUT2D eigenvalue weighted by Gasteiger charge is -2.26. The van der Waals surface area contributed by atoms with Crippen molar-refractivity contribution >= 4 is 5.91 Å². The van der Waals surface area contributed by atoms with Gasteiger partial charge in [0.1, 0.15) is 11.9 Å². The molecule has 0 spiro atoms. The SMILES string of the molecule is CCC(C)C(N)C(=O)NC(C)C(OC)c1ccc(F)cc1.